The summed E-state index contributed by atoms with van der Waals surface area (Å²) in [5.74, 6) is -2.07. The average molecular weight is 551 g/mol. The molecule has 0 saturated heterocycles. The molecule has 10 nitrogen and oxygen atoms in total. The van der Waals surface area contributed by atoms with Gasteiger partial charge < -0.3 is 35.0 Å². The number of hydrogen-bond donors (Lipinski definition) is 5. The number of carbonyl (C=O) groups excluding carboxylic acids is 2. The van der Waals surface area contributed by atoms with Crippen LogP contribution in [0.25, 0.3) is 0 Å². The Balaban J connectivity index is 0. The molecule has 0 fully saturated rings. The highest BCUT2D eigenvalue weighted by Crippen LogP contribution is 2.13. The maximum atomic E-state index is 11.1. The molecule has 0 amide bonds. The summed E-state index contributed by atoms with van der Waals surface area (Å²) in [6, 6.07) is 0. The van der Waals surface area contributed by atoms with E-state index in [1.807, 2.05) is 0 Å². The molecule has 0 bridgehead atoms. The molecule has 2 unspecified atom stereocenters. The molecule has 0 aliphatic rings. The van der Waals surface area contributed by atoms with Crippen molar-refractivity contribution in [2.24, 2.45) is 0 Å². The number of esters is 2. The standard InChI is InChI=1S/C18H36O2.C10H18O8/c1-2-3-4-5-6-7-8-9-10-11-12-13-14-15-16-17-18(19)20;11-3-7(13)5-17-9(15)1-2-10(16)18-6-8(14)4-12/h2-17H2,1H3,(H,19,20);7-8,11-14H,1-6H2. The number of aliphatic carboxylic acids is 1. The minimum atomic E-state index is -1.14. The van der Waals surface area contributed by atoms with Crippen LogP contribution in [0.3, 0.4) is 0 Å². The number of rotatable bonds is 25. The summed E-state index contributed by atoms with van der Waals surface area (Å²) in [5.41, 5.74) is 0. The van der Waals surface area contributed by atoms with Gasteiger partial charge in [-0.25, -0.2) is 0 Å². The molecule has 0 aliphatic heterocycles. The lowest BCUT2D eigenvalue weighted by molar-refractivity contribution is -0.154. The van der Waals surface area contributed by atoms with E-state index in [0.717, 1.165) is 12.8 Å². The summed E-state index contributed by atoms with van der Waals surface area (Å²) >= 11 is 0. The van der Waals surface area contributed by atoms with Crippen LogP contribution in [0, 0.1) is 0 Å². The van der Waals surface area contributed by atoms with Crippen LogP contribution < -0.4 is 0 Å². The molecule has 0 heterocycles. The van der Waals surface area contributed by atoms with Crippen LogP contribution in [-0.4, -0.2) is 82.1 Å². The van der Waals surface area contributed by atoms with Gasteiger partial charge in [0.25, 0.3) is 0 Å². The number of carboxylic acid groups (broad SMARTS) is 1. The Morgan fingerprint density at radius 3 is 1.16 bits per heavy atom. The fourth-order valence-corrected chi connectivity index (χ4v) is 3.48. The normalized spacial score (nSPS) is 12.2. The van der Waals surface area contributed by atoms with Gasteiger partial charge in [0.2, 0.25) is 0 Å². The van der Waals surface area contributed by atoms with Gasteiger partial charge in [-0.1, -0.05) is 96.8 Å². The van der Waals surface area contributed by atoms with Crippen molar-refractivity contribution in [1.82, 2.24) is 0 Å². The molecule has 0 aliphatic carbocycles. The van der Waals surface area contributed by atoms with E-state index in [-0.39, 0.29) is 26.1 Å². The minimum Gasteiger partial charge on any atom is -0.481 e. The highest BCUT2D eigenvalue weighted by atomic mass is 16.6. The van der Waals surface area contributed by atoms with Gasteiger partial charge in [-0.3, -0.25) is 14.4 Å². The van der Waals surface area contributed by atoms with E-state index in [1.54, 1.807) is 0 Å². The lowest BCUT2D eigenvalue weighted by Crippen LogP contribution is -2.23. The molecule has 0 saturated carbocycles. The Labute approximate surface area is 228 Å². The second-order valence-corrected chi connectivity index (χ2v) is 9.63. The Hall–Kier alpha value is -1.75. The lowest BCUT2D eigenvalue weighted by atomic mass is 10.0. The SMILES string of the molecule is CCCCCCCCCCCCCCCCCC(=O)O.O=C(CCC(=O)OCC(O)CO)OCC(O)CO. The molecule has 0 rings (SSSR count). The van der Waals surface area contributed by atoms with Gasteiger partial charge in [0.05, 0.1) is 26.1 Å². The van der Waals surface area contributed by atoms with Crippen LogP contribution in [0.4, 0.5) is 0 Å². The second-order valence-electron chi connectivity index (χ2n) is 9.63. The van der Waals surface area contributed by atoms with Crippen LogP contribution in [-0.2, 0) is 23.9 Å². The van der Waals surface area contributed by atoms with Gasteiger partial charge in [0, 0.05) is 6.42 Å². The highest BCUT2D eigenvalue weighted by Gasteiger charge is 2.12. The number of aliphatic hydroxyl groups excluding tert-OH is 4. The van der Waals surface area contributed by atoms with Crippen LogP contribution in [0.15, 0.2) is 0 Å². The van der Waals surface area contributed by atoms with E-state index in [2.05, 4.69) is 16.4 Å². The number of unbranched alkanes of at least 4 members (excludes halogenated alkanes) is 14. The third kappa shape index (κ3) is 32.3. The number of hydrogen-bond acceptors (Lipinski definition) is 9. The van der Waals surface area contributed by atoms with Crippen molar-refractivity contribution in [3.8, 4) is 0 Å². The van der Waals surface area contributed by atoms with E-state index >= 15 is 0 Å². The molecule has 0 spiro atoms. The van der Waals surface area contributed by atoms with E-state index in [0.29, 0.717) is 6.42 Å². The van der Waals surface area contributed by atoms with Crippen LogP contribution >= 0.6 is 0 Å². The van der Waals surface area contributed by atoms with Crippen molar-refractivity contribution in [2.45, 2.75) is 135 Å². The molecular weight excluding hydrogens is 496 g/mol. The Kier molecular flexibility index (Phi) is 30.1. The minimum absolute atomic E-state index is 0.230. The predicted molar refractivity (Wildman–Crippen MR) is 145 cm³/mol. The Morgan fingerprint density at radius 1 is 0.553 bits per heavy atom. The fourth-order valence-electron chi connectivity index (χ4n) is 3.48. The van der Waals surface area contributed by atoms with Crippen LogP contribution in [0.1, 0.15) is 122 Å². The van der Waals surface area contributed by atoms with E-state index in [4.69, 9.17) is 25.5 Å². The third-order valence-corrected chi connectivity index (χ3v) is 5.82. The summed E-state index contributed by atoms with van der Waals surface area (Å²) < 4.78 is 9.09. The van der Waals surface area contributed by atoms with Gasteiger partial charge in [-0.15, -0.1) is 0 Å². The first-order chi connectivity index (χ1) is 18.3. The number of carboxylic acids is 1. The molecule has 38 heavy (non-hydrogen) atoms. The molecule has 0 aromatic rings. The zero-order valence-corrected chi connectivity index (χ0v) is 23.5. The molecule has 10 heteroatoms. The summed E-state index contributed by atoms with van der Waals surface area (Å²) in [6.07, 6.45) is 17.5. The van der Waals surface area contributed by atoms with Crippen LogP contribution in [0.5, 0.6) is 0 Å². The first kappa shape index (κ1) is 38.4. The molecule has 226 valence electrons. The van der Waals surface area contributed by atoms with Gasteiger partial charge in [0.15, 0.2) is 0 Å². The van der Waals surface area contributed by atoms with E-state index in [9.17, 15) is 14.4 Å². The smallest absolute Gasteiger partial charge is 0.306 e. The molecule has 2 atom stereocenters. The Morgan fingerprint density at radius 2 is 0.868 bits per heavy atom. The van der Waals surface area contributed by atoms with Gasteiger partial charge >= 0.3 is 17.9 Å². The highest BCUT2D eigenvalue weighted by molar-refractivity contribution is 5.77. The first-order valence-corrected chi connectivity index (χ1v) is 14.4. The summed E-state index contributed by atoms with van der Waals surface area (Å²) in [5, 5.41) is 43.2. The number of carbonyl (C=O) groups is 3. The monoisotopic (exact) mass is 550 g/mol. The molecular formula is C28H54O10. The largest absolute Gasteiger partial charge is 0.481 e. The molecule has 0 radical (unpaired) electrons. The maximum absolute atomic E-state index is 11.1. The number of aliphatic hydroxyl groups is 4. The molecule has 0 aromatic heterocycles. The van der Waals surface area contributed by atoms with Crippen LogP contribution in [0.2, 0.25) is 0 Å². The first-order valence-electron chi connectivity index (χ1n) is 14.4. The quantitative estimate of drug-likeness (QED) is 0.0829. The zero-order valence-electron chi connectivity index (χ0n) is 23.5. The molecule has 0 aromatic carbocycles. The van der Waals surface area contributed by atoms with Gasteiger partial charge in [-0.05, 0) is 6.42 Å². The predicted octanol–water partition coefficient (Wildman–Crippen LogP) is 3.89. The van der Waals surface area contributed by atoms with E-state index < -0.39 is 43.3 Å². The number of ether oxygens (including phenoxy) is 2. The average Bonchev–Trinajstić information content (AvgIpc) is 2.91. The van der Waals surface area contributed by atoms with Crippen molar-refractivity contribution in [2.75, 3.05) is 26.4 Å². The summed E-state index contributed by atoms with van der Waals surface area (Å²) in [4.78, 5) is 32.4. The van der Waals surface area contributed by atoms with Crippen molar-refractivity contribution < 1.29 is 49.4 Å². The van der Waals surface area contributed by atoms with E-state index in [1.165, 1.54) is 83.5 Å². The summed E-state index contributed by atoms with van der Waals surface area (Å²) in [7, 11) is 0. The topological polar surface area (TPSA) is 171 Å². The second kappa shape index (κ2) is 29.8. The van der Waals surface area contributed by atoms with Crippen molar-refractivity contribution in [3.05, 3.63) is 0 Å². The van der Waals surface area contributed by atoms with Crippen molar-refractivity contribution in [3.63, 3.8) is 0 Å². The Bertz CT molecular complexity index is 530. The fraction of sp³-hybridized carbons (Fsp3) is 0.893. The van der Waals surface area contributed by atoms with Gasteiger partial charge in [-0.2, -0.15) is 0 Å². The lowest BCUT2D eigenvalue weighted by Gasteiger charge is -2.09. The summed E-state index contributed by atoms with van der Waals surface area (Å²) in [6.45, 7) is 0.552. The van der Waals surface area contributed by atoms with Gasteiger partial charge in [0.1, 0.15) is 25.4 Å². The maximum Gasteiger partial charge on any atom is 0.306 e. The van der Waals surface area contributed by atoms with Crippen molar-refractivity contribution >= 4 is 17.9 Å². The zero-order chi connectivity index (χ0) is 28.9. The third-order valence-electron chi connectivity index (χ3n) is 5.82. The van der Waals surface area contributed by atoms with Crippen molar-refractivity contribution in [1.29, 1.82) is 0 Å². The molecule has 5 N–H and O–H groups in total.